The van der Waals surface area contributed by atoms with Gasteiger partial charge in [0.2, 0.25) is 0 Å². The number of carboxylic acids is 1. The van der Waals surface area contributed by atoms with Gasteiger partial charge in [-0.15, -0.1) is 0 Å². The predicted molar refractivity (Wildman–Crippen MR) is 64.5 cm³/mol. The van der Waals surface area contributed by atoms with Crippen molar-refractivity contribution in [1.82, 2.24) is 10.6 Å². The van der Waals surface area contributed by atoms with E-state index in [-0.39, 0.29) is 25.1 Å². The number of nitriles is 1. The van der Waals surface area contributed by atoms with E-state index in [4.69, 9.17) is 14.8 Å². The summed E-state index contributed by atoms with van der Waals surface area (Å²) in [7, 11) is 0. The monoisotopic (exact) mass is 263 g/mol. The Balaban J connectivity index is 2.40. The third kappa shape index (κ3) is 5.41. The van der Waals surface area contributed by atoms with E-state index >= 15 is 0 Å². The Hall–Kier alpha value is -2.75. The summed E-state index contributed by atoms with van der Waals surface area (Å²) in [5.74, 6) is -0.937. The topological polar surface area (TPSA) is 115 Å². The van der Waals surface area contributed by atoms with E-state index in [1.54, 1.807) is 18.2 Å². The molecule has 100 valence electrons. The SMILES string of the molecule is N#C/C(=C/NCCC(=O)O)C(=O)NCc1ccco1. The van der Waals surface area contributed by atoms with Gasteiger partial charge in [-0.05, 0) is 12.1 Å². The summed E-state index contributed by atoms with van der Waals surface area (Å²) in [4.78, 5) is 21.9. The smallest absolute Gasteiger partial charge is 0.305 e. The van der Waals surface area contributed by atoms with Crippen LogP contribution in [-0.4, -0.2) is 23.5 Å². The maximum atomic E-state index is 11.6. The summed E-state index contributed by atoms with van der Waals surface area (Å²) in [5, 5.41) is 22.3. The molecule has 1 aromatic rings. The molecule has 19 heavy (non-hydrogen) atoms. The fourth-order valence-electron chi connectivity index (χ4n) is 1.18. The Bertz CT molecular complexity index is 500. The summed E-state index contributed by atoms with van der Waals surface area (Å²) in [6, 6.07) is 5.11. The van der Waals surface area contributed by atoms with Crippen LogP contribution in [0.3, 0.4) is 0 Å². The van der Waals surface area contributed by atoms with Crippen molar-refractivity contribution >= 4 is 11.9 Å². The molecule has 1 amide bonds. The second-order valence-corrected chi connectivity index (χ2v) is 3.53. The Morgan fingerprint density at radius 3 is 2.89 bits per heavy atom. The van der Waals surface area contributed by atoms with Gasteiger partial charge in [-0.25, -0.2) is 0 Å². The molecule has 0 aliphatic rings. The predicted octanol–water partition coefficient (Wildman–Crippen LogP) is 0.368. The second kappa shape index (κ2) is 7.55. The van der Waals surface area contributed by atoms with Gasteiger partial charge in [-0.2, -0.15) is 5.26 Å². The summed E-state index contributed by atoms with van der Waals surface area (Å²) in [5.41, 5.74) is -0.128. The van der Waals surface area contributed by atoms with Crippen molar-refractivity contribution in [1.29, 1.82) is 5.26 Å². The Labute approximate surface area is 109 Å². The minimum Gasteiger partial charge on any atom is -0.481 e. The van der Waals surface area contributed by atoms with Crippen molar-refractivity contribution in [2.75, 3.05) is 6.54 Å². The highest BCUT2D eigenvalue weighted by Gasteiger charge is 2.08. The van der Waals surface area contributed by atoms with Crippen LogP contribution in [0.15, 0.2) is 34.6 Å². The molecular weight excluding hydrogens is 250 g/mol. The van der Waals surface area contributed by atoms with Gasteiger partial charge in [0.15, 0.2) is 0 Å². The lowest BCUT2D eigenvalue weighted by Gasteiger charge is -2.02. The molecule has 0 unspecified atom stereocenters. The zero-order chi connectivity index (χ0) is 14.1. The van der Waals surface area contributed by atoms with Crippen molar-refractivity contribution in [3.63, 3.8) is 0 Å². The van der Waals surface area contributed by atoms with Crippen LogP contribution in [0.4, 0.5) is 0 Å². The number of carboxylic acid groups (broad SMARTS) is 1. The van der Waals surface area contributed by atoms with Crippen LogP contribution in [0, 0.1) is 11.3 Å². The zero-order valence-electron chi connectivity index (χ0n) is 10.0. The van der Waals surface area contributed by atoms with Gasteiger partial charge in [0.1, 0.15) is 17.4 Å². The lowest BCUT2D eigenvalue weighted by atomic mass is 10.3. The number of hydrogen-bond acceptors (Lipinski definition) is 5. The molecule has 0 atom stereocenters. The molecule has 0 saturated heterocycles. The van der Waals surface area contributed by atoms with E-state index in [0.717, 1.165) is 0 Å². The lowest BCUT2D eigenvalue weighted by molar-refractivity contribution is -0.136. The first-order chi connectivity index (χ1) is 9.13. The molecule has 0 radical (unpaired) electrons. The van der Waals surface area contributed by atoms with Crippen molar-refractivity contribution in [3.05, 3.63) is 35.9 Å². The van der Waals surface area contributed by atoms with Crippen LogP contribution >= 0.6 is 0 Å². The van der Waals surface area contributed by atoms with Gasteiger partial charge >= 0.3 is 5.97 Å². The number of nitrogens with one attached hydrogen (secondary N) is 2. The van der Waals surface area contributed by atoms with Crippen LogP contribution in [0.5, 0.6) is 0 Å². The third-order valence-corrected chi connectivity index (χ3v) is 2.10. The molecule has 1 rings (SSSR count). The minimum atomic E-state index is -0.957. The molecule has 0 aliphatic carbocycles. The van der Waals surface area contributed by atoms with E-state index in [1.807, 2.05) is 0 Å². The fourth-order valence-corrected chi connectivity index (χ4v) is 1.18. The first-order valence-electron chi connectivity index (χ1n) is 5.49. The molecular formula is C12H13N3O4. The van der Waals surface area contributed by atoms with E-state index < -0.39 is 11.9 Å². The van der Waals surface area contributed by atoms with Crippen LogP contribution < -0.4 is 10.6 Å². The van der Waals surface area contributed by atoms with Crippen molar-refractivity contribution in [2.45, 2.75) is 13.0 Å². The summed E-state index contributed by atoms with van der Waals surface area (Å²) in [6.45, 7) is 0.325. The number of amides is 1. The Kier molecular flexibility index (Phi) is 5.69. The number of carbonyl (C=O) groups is 2. The molecule has 1 heterocycles. The normalized spacial score (nSPS) is 10.6. The largest absolute Gasteiger partial charge is 0.481 e. The number of rotatable bonds is 7. The quantitative estimate of drug-likeness (QED) is 0.372. The molecule has 0 aliphatic heterocycles. The maximum absolute atomic E-state index is 11.6. The van der Waals surface area contributed by atoms with Crippen LogP contribution in [-0.2, 0) is 16.1 Å². The zero-order valence-corrected chi connectivity index (χ0v) is 10.0. The number of aliphatic carboxylic acids is 1. The number of hydrogen-bond donors (Lipinski definition) is 3. The summed E-state index contributed by atoms with van der Waals surface area (Å²) in [6.07, 6.45) is 2.58. The van der Waals surface area contributed by atoms with E-state index in [9.17, 15) is 9.59 Å². The molecule has 0 fully saturated rings. The molecule has 0 bridgehead atoms. The third-order valence-electron chi connectivity index (χ3n) is 2.10. The Morgan fingerprint density at radius 1 is 1.53 bits per heavy atom. The number of nitrogens with zero attached hydrogens (tertiary/aromatic N) is 1. The molecule has 1 aromatic heterocycles. The molecule has 7 heteroatoms. The van der Waals surface area contributed by atoms with Gasteiger partial charge < -0.3 is 20.2 Å². The minimum absolute atomic E-state index is 0.0940. The summed E-state index contributed by atoms with van der Waals surface area (Å²) < 4.78 is 5.02. The van der Waals surface area contributed by atoms with Crippen molar-refractivity contribution in [3.8, 4) is 6.07 Å². The maximum Gasteiger partial charge on any atom is 0.305 e. The fraction of sp³-hybridized carbons (Fsp3) is 0.250. The van der Waals surface area contributed by atoms with E-state index in [1.165, 1.54) is 12.5 Å². The first-order valence-corrected chi connectivity index (χ1v) is 5.49. The second-order valence-electron chi connectivity index (χ2n) is 3.53. The molecule has 0 spiro atoms. The molecule has 3 N–H and O–H groups in total. The van der Waals surface area contributed by atoms with Gasteiger partial charge in [0.25, 0.3) is 5.91 Å². The van der Waals surface area contributed by atoms with E-state index in [0.29, 0.717) is 5.76 Å². The van der Waals surface area contributed by atoms with Crippen molar-refractivity contribution in [2.24, 2.45) is 0 Å². The average Bonchev–Trinajstić information content (AvgIpc) is 2.89. The van der Waals surface area contributed by atoms with Crippen LogP contribution in [0.25, 0.3) is 0 Å². The highest BCUT2D eigenvalue weighted by Crippen LogP contribution is 1.99. The summed E-state index contributed by atoms with van der Waals surface area (Å²) >= 11 is 0. The van der Waals surface area contributed by atoms with Gasteiger partial charge in [-0.3, -0.25) is 9.59 Å². The van der Waals surface area contributed by atoms with Gasteiger partial charge in [0.05, 0.1) is 19.2 Å². The highest BCUT2D eigenvalue weighted by atomic mass is 16.4. The van der Waals surface area contributed by atoms with Crippen molar-refractivity contribution < 1.29 is 19.1 Å². The lowest BCUT2D eigenvalue weighted by Crippen LogP contribution is -2.25. The molecule has 0 aromatic carbocycles. The molecule has 0 saturated carbocycles. The van der Waals surface area contributed by atoms with Crippen LogP contribution in [0.1, 0.15) is 12.2 Å². The highest BCUT2D eigenvalue weighted by molar-refractivity contribution is 5.97. The average molecular weight is 263 g/mol. The van der Waals surface area contributed by atoms with E-state index in [2.05, 4.69) is 10.6 Å². The standard InChI is InChI=1S/C12H13N3O4/c13-6-9(7-14-4-3-11(16)17)12(18)15-8-10-2-1-5-19-10/h1-2,5,7,14H,3-4,8H2,(H,15,18)(H,16,17)/b9-7-. The number of furan rings is 1. The van der Waals surface area contributed by atoms with Gasteiger partial charge in [0, 0.05) is 12.7 Å². The van der Waals surface area contributed by atoms with Gasteiger partial charge in [-0.1, -0.05) is 0 Å². The molecule has 7 nitrogen and oxygen atoms in total. The first kappa shape index (κ1) is 14.3. The van der Waals surface area contributed by atoms with Crippen LogP contribution in [0.2, 0.25) is 0 Å². The Morgan fingerprint density at radius 2 is 2.32 bits per heavy atom. The number of carbonyl (C=O) groups excluding carboxylic acids is 1.